The number of hydrogen-bond acceptors (Lipinski definition) is 6. The Morgan fingerprint density at radius 2 is 1.79 bits per heavy atom. The zero-order valence-corrected chi connectivity index (χ0v) is 20.1. The van der Waals surface area contributed by atoms with Gasteiger partial charge in [-0.1, -0.05) is 42.5 Å². The third kappa shape index (κ3) is 4.84. The first kappa shape index (κ1) is 23.1. The number of hydrogen-bond donors (Lipinski definition) is 0. The van der Waals surface area contributed by atoms with Crippen LogP contribution in [0.25, 0.3) is 10.8 Å². The third-order valence-electron chi connectivity index (χ3n) is 5.69. The number of esters is 1. The molecule has 0 radical (unpaired) electrons. The topological polar surface area (TPSA) is 59.1 Å². The van der Waals surface area contributed by atoms with Gasteiger partial charge in [-0.15, -0.1) is 11.8 Å². The zero-order chi connectivity index (χ0) is 23.5. The average molecular weight is 465 g/mol. The van der Waals surface area contributed by atoms with Crippen molar-refractivity contribution in [3.05, 3.63) is 66.2 Å². The second-order valence-electron chi connectivity index (χ2n) is 8.27. The number of methoxy groups -OCH3 is 1. The fourth-order valence-corrected chi connectivity index (χ4v) is 5.47. The summed E-state index contributed by atoms with van der Waals surface area (Å²) >= 11 is 1.57. The predicted octanol–water partition coefficient (Wildman–Crippen LogP) is 4.52. The van der Waals surface area contributed by atoms with Crippen molar-refractivity contribution >= 4 is 40.1 Å². The Morgan fingerprint density at radius 1 is 1.06 bits per heavy atom. The largest absolute Gasteiger partial charge is 0.497 e. The Morgan fingerprint density at radius 3 is 2.45 bits per heavy atom. The molecule has 0 bridgehead atoms. The van der Waals surface area contributed by atoms with E-state index < -0.39 is 17.3 Å². The highest BCUT2D eigenvalue weighted by Crippen LogP contribution is 2.49. The van der Waals surface area contributed by atoms with Gasteiger partial charge in [-0.25, -0.2) is 0 Å². The van der Waals surface area contributed by atoms with Gasteiger partial charge in [0.15, 0.2) is 6.10 Å². The lowest BCUT2D eigenvalue weighted by molar-refractivity contribution is -0.152. The highest BCUT2D eigenvalue weighted by Gasteiger charge is 2.41. The number of nitrogens with zero attached hydrogens (tertiary/aromatic N) is 2. The van der Waals surface area contributed by atoms with Crippen LogP contribution in [0.5, 0.6) is 5.75 Å². The van der Waals surface area contributed by atoms with Crippen molar-refractivity contribution in [2.75, 3.05) is 39.2 Å². The van der Waals surface area contributed by atoms with Crippen LogP contribution in [0.2, 0.25) is 0 Å². The van der Waals surface area contributed by atoms with Gasteiger partial charge in [-0.3, -0.25) is 9.59 Å². The van der Waals surface area contributed by atoms with E-state index >= 15 is 0 Å². The minimum Gasteiger partial charge on any atom is -0.497 e. The lowest BCUT2D eigenvalue weighted by Crippen LogP contribution is -2.45. The first-order valence-electron chi connectivity index (χ1n) is 10.8. The molecular formula is C26H28N2O4S. The van der Waals surface area contributed by atoms with Crippen molar-refractivity contribution in [1.29, 1.82) is 0 Å². The highest BCUT2D eigenvalue weighted by molar-refractivity contribution is 8.00. The van der Waals surface area contributed by atoms with Crippen LogP contribution in [0.15, 0.2) is 65.6 Å². The number of carbonyl (C=O) groups excluding carboxylic acids is 2. The SMILES string of the molecule is COc1ccc(C2Sc3c(ccc4ccccc34)N(CCN(C)C)C(=O)C2OC(C)=O)cc1. The number of benzene rings is 3. The number of rotatable bonds is 6. The van der Waals surface area contributed by atoms with Crippen LogP contribution in [0.3, 0.4) is 0 Å². The standard InChI is InChI=1S/C26H28N2O4S/c1-17(29)32-23-24(19-9-12-20(31-4)13-10-19)33-25-21-8-6-5-7-18(21)11-14-22(25)28(26(23)30)16-15-27(2)3/h5-14,23-24H,15-16H2,1-4H3. The van der Waals surface area contributed by atoms with E-state index in [1.165, 1.54) is 6.92 Å². The van der Waals surface area contributed by atoms with Gasteiger partial charge in [-0.2, -0.15) is 0 Å². The fraction of sp³-hybridized carbons (Fsp3) is 0.308. The molecule has 1 aliphatic rings. The number of fused-ring (bicyclic) bond motifs is 3. The average Bonchev–Trinajstić information content (AvgIpc) is 2.92. The van der Waals surface area contributed by atoms with Crippen molar-refractivity contribution in [3.63, 3.8) is 0 Å². The van der Waals surface area contributed by atoms with E-state index in [0.717, 1.165) is 32.7 Å². The van der Waals surface area contributed by atoms with Crippen LogP contribution in [0.4, 0.5) is 5.69 Å². The van der Waals surface area contributed by atoms with Gasteiger partial charge in [-0.05, 0) is 48.6 Å². The first-order chi connectivity index (χ1) is 15.9. The van der Waals surface area contributed by atoms with Gasteiger partial charge in [0, 0.05) is 24.9 Å². The van der Waals surface area contributed by atoms with Gasteiger partial charge < -0.3 is 19.3 Å². The molecule has 172 valence electrons. The summed E-state index contributed by atoms with van der Waals surface area (Å²) in [6.45, 7) is 2.52. The Kier molecular flexibility index (Phi) is 6.91. The summed E-state index contributed by atoms with van der Waals surface area (Å²) in [5, 5.41) is 1.77. The van der Waals surface area contributed by atoms with Crippen LogP contribution in [0, 0.1) is 0 Å². The van der Waals surface area contributed by atoms with Gasteiger partial charge in [0.25, 0.3) is 5.91 Å². The quantitative estimate of drug-likeness (QED) is 0.500. The number of likely N-dealkylation sites (N-methyl/N-ethyl adjacent to an activating group) is 1. The van der Waals surface area contributed by atoms with E-state index in [1.54, 1.807) is 23.8 Å². The molecular weight excluding hydrogens is 436 g/mol. The molecule has 7 heteroatoms. The summed E-state index contributed by atoms with van der Waals surface area (Å²) in [4.78, 5) is 30.8. The van der Waals surface area contributed by atoms with Crippen LogP contribution in [-0.2, 0) is 14.3 Å². The molecule has 0 fully saturated rings. The predicted molar refractivity (Wildman–Crippen MR) is 132 cm³/mol. The van der Waals surface area contributed by atoms with E-state index in [2.05, 4.69) is 12.1 Å². The van der Waals surface area contributed by atoms with Gasteiger partial charge in [0.05, 0.1) is 18.0 Å². The molecule has 3 aromatic carbocycles. The minimum absolute atomic E-state index is 0.214. The molecule has 0 aromatic heterocycles. The Balaban J connectivity index is 1.89. The molecule has 1 aliphatic heterocycles. The molecule has 0 saturated heterocycles. The molecule has 4 rings (SSSR count). The van der Waals surface area contributed by atoms with E-state index in [0.29, 0.717) is 13.1 Å². The number of ether oxygens (including phenoxy) is 2. The Bertz CT molecular complexity index is 1160. The summed E-state index contributed by atoms with van der Waals surface area (Å²) < 4.78 is 11.0. The summed E-state index contributed by atoms with van der Waals surface area (Å²) in [6, 6.07) is 19.8. The maximum absolute atomic E-state index is 13.9. The van der Waals surface area contributed by atoms with E-state index in [9.17, 15) is 9.59 Å². The molecule has 1 amide bonds. The van der Waals surface area contributed by atoms with Crippen molar-refractivity contribution in [2.45, 2.75) is 23.2 Å². The lowest BCUT2D eigenvalue weighted by Gasteiger charge is -2.28. The maximum atomic E-state index is 13.9. The van der Waals surface area contributed by atoms with E-state index in [-0.39, 0.29) is 5.91 Å². The third-order valence-corrected chi connectivity index (χ3v) is 7.12. The molecule has 0 N–H and O–H groups in total. The molecule has 0 aliphatic carbocycles. The number of anilines is 1. The Hall–Kier alpha value is -3.03. The summed E-state index contributed by atoms with van der Waals surface area (Å²) in [5.74, 6) is 0.0384. The zero-order valence-electron chi connectivity index (χ0n) is 19.3. The molecule has 2 unspecified atom stereocenters. The van der Waals surface area contributed by atoms with Crippen LogP contribution >= 0.6 is 11.8 Å². The normalized spacial score (nSPS) is 18.2. The monoisotopic (exact) mass is 464 g/mol. The molecule has 1 heterocycles. The molecule has 0 spiro atoms. The number of carbonyl (C=O) groups is 2. The van der Waals surface area contributed by atoms with Gasteiger partial charge in [0.2, 0.25) is 0 Å². The van der Waals surface area contributed by atoms with Crippen LogP contribution in [-0.4, -0.2) is 57.2 Å². The summed E-state index contributed by atoms with van der Waals surface area (Å²) in [6.07, 6.45) is -0.950. The number of thioether (sulfide) groups is 1. The van der Waals surface area contributed by atoms with Gasteiger partial charge >= 0.3 is 5.97 Å². The number of amides is 1. The molecule has 3 aromatic rings. The Labute approximate surface area is 198 Å². The van der Waals surface area contributed by atoms with Crippen molar-refractivity contribution in [3.8, 4) is 5.75 Å². The summed E-state index contributed by atoms with van der Waals surface area (Å²) in [7, 11) is 5.57. The van der Waals surface area contributed by atoms with Crippen molar-refractivity contribution < 1.29 is 19.1 Å². The second-order valence-corrected chi connectivity index (χ2v) is 9.42. The first-order valence-corrected chi connectivity index (χ1v) is 11.7. The smallest absolute Gasteiger partial charge is 0.303 e. The van der Waals surface area contributed by atoms with E-state index in [1.807, 2.05) is 67.5 Å². The maximum Gasteiger partial charge on any atom is 0.303 e. The molecule has 6 nitrogen and oxygen atoms in total. The fourth-order valence-electron chi connectivity index (χ4n) is 4.02. The van der Waals surface area contributed by atoms with Gasteiger partial charge in [0.1, 0.15) is 5.75 Å². The van der Waals surface area contributed by atoms with E-state index in [4.69, 9.17) is 9.47 Å². The van der Waals surface area contributed by atoms with Crippen LogP contribution in [0.1, 0.15) is 17.7 Å². The second kappa shape index (κ2) is 9.85. The van der Waals surface area contributed by atoms with Crippen molar-refractivity contribution in [2.24, 2.45) is 0 Å². The minimum atomic E-state index is -0.950. The molecule has 2 atom stereocenters. The molecule has 0 saturated carbocycles. The summed E-state index contributed by atoms with van der Waals surface area (Å²) in [5.41, 5.74) is 1.74. The molecule has 33 heavy (non-hydrogen) atoms. The lowest BCUT2D eigenvalue weighted by atomic mass is 10.0. The highest BCUT2D eigenvalue weighted by atomic mass is 32.2. The van der Waals surface area contributed by atoms with Crippen molar-refractivity contribution in [1.82, 2.24) is 4.90 Å². The van der Waals surface area contributed by atoms with Crippen LogP contribution < -0.4 is 9.64 Å².